The Balaban J connectivity index is 0. The Morgan fingerprint density at radius 1 is 1.13 bits per heavy atom. The lowest BCUT2D eigenvalue weighted by Gasteiger charge is -2.16. The molecule has 0 amide bonds. The van der Waals surface area contributed by atoms with Crippen LogP contribution in [0.3, 0.4) is 0 Å². The van der Waals surface area contributed by atoms with Crippen LogP contribution < -0.4 is 0 Å². The van der Waals surface area contributed by atoms with Gasteiger partial charge in [0.25, 0.3) is 0 Å². The number of aliphatic hydroxyl groups excluding tert-OH is 4. The Kier molecular flexibility index (Phi) is 8.92. The Hall–Kier alpha value is -0.380. The number of hydrogen-bond acceptors (Lipinski definition) is 6. The van der Waals surface area contributed by atoms with Gasteiger partial charge in [-0.3, -0.25) is 0 Å². The molecule has 0 radical (unpaired) electrons. The third-order valence-corrected chi connectivity index (χ3v) is 1.07. The zero-order valence-electron chi connectivity index (χ0n) is 7.41. The van der Waals surface area contributed by atoms with E-state index in [0.717, 1.165) is 0 Å². The molecule has 0 bridgehead atoms. The smallest absolute Gasteiger partial charge is 0.394 e. The molecule has 0 saturated carbocycles. The summed E-state index contributed by atoms with van der Waals surface area (Å²) in [6.07, 6.45) is -4.63. The van der Waals surface area contributed by atoms with Crippen LogP contribution in [0.15, 0.2) is 0 Å². The van der Waals surface area contributed by atoms with E-state index in [1.54, 1.807) is 0 Å². The van der Waals surface area contributed by atoms with Gasteiger partial charge in [0.1, 0.15) is 18.3 Å². The number of carbonyl (C=O) groups is 1. The second-order valence-corrected chi connectivity index (χ2v) is 3.41. The fourth-order valence-corrected chi connectivity index (χ4v) is 0.416. The van der Waals surface area contributed by atoms with Gasteiger partial charge >= 0.3 is 7.82 Å². The van der Waals surface area contributed by atoms with Gasteiger partial charge in [0.15, 0.2) is 6.29 Å². The standard InChI is InChI=1S/C5H10O5.H3O4P/c6-1-3(8)5(10)4(9)2-7;1-5(2,3)4/h1,3-5,7-10H,2H2;(H3,1,2,3,4). The first-order valence-electron chi connectivity index (χ1n) is 3.52. The average Bonchev–Trinajstić information content (AvgIpc) is 2.11. The van der Waals surface area contributed by atoms with Crippen molar-refractivity contribution in [3.63, 3.8) is 0 Å². The van der Waals surface area contributed by atoms with E-state index in [2.05, 4.69) is 0 Å². The number of aliphatic hydroxyl groups is 4. The number of aldehydes is 1. The van der Waals surface area contributed by atoms with Crippen molar-refractivity contribution in [3.05, 3.63) is 0 Å². The summed E-state index contributed by atoms with van der Waals surface area (Å²) < 4.78 is 8.88. The number of hydrogen-bond donors (Lipinski definition) is 7. The summed E-state index contributed by atoms with van der Waals surface area (Å²) in [6, 6.07) is 0. The molecule has 0 aliphatic heterocycles. The molecule has 7 N–H and O–H groups in total. The molecule has 0 aliphatic carbocycles. The Labute approximate surface area is 84.5 Å². The fraction of sp³-hybridized carbons (Fsp3) is 0.800. The maximum atomic E-state index is 9.76. The summed E-state index contributed by atoms with van der Waals surface area (Å²) in [5.74, 6) is 0. The summed E-state index contributed by atoms with van der Waals surface area (Å²) in [4.78, 5) is 31.3. The number of rotatable bonds is 4. The van der Waals surface area contributed by atoms with Gasteiger partial charge in [0.2, 0.25) is 0 Å². The SMILES string of the molecule is O=CC(O)C(O)C(O)CO.O=P(O)(O)O. The molecular weight excluding hydrogens is 235 g/mol. The van der Waals surface area contributed by atoms with E-state index in [0.29, 0.717) is 0 Å². The summed E-state index contributed by atoms with van der Waals surface area (Å²) in [5, 5.41) is 34.1. The first-order chi connectivity index (χ1) is 6.63. The lowest BCUT2D eigenvalue weighted by molar-refractivity contribution is -0.127. The second-order valence-electron chi connectivity index (χ2n) is 2.38. The molecule has 3 unspecified atom stereocenters. The maximum absolute atomic E-state index is 9.76. The van der Waals surface area contributed by atoms with E-state index in [9.17, 15) is 4.79 Å². The quantitative estimate of drug-likeness (QED) is 0.195. The van der Waals surface area contributed by atoms with E-state index < -0.39 is 32.7 Å². The monoisotopic (exact) mass is 248 g/mol. The Morgan fingerprint density at radius 2 is 1.47 bits per heavy atom. The molecule has 9 nitrogen and oxygen atoms in total. The van der Waals surface area contributed by atoms with Crippen molar-refractivity contribution in [1.82, 2.24) is 0 Å². The molecule has 0 aromatic rings. The second kappa shape index (κ2) is 7.85. The number of carbonyl (C=O) groups excluding carboxylic acids is 1. The van der Waals surface area contributed by atoms with Crippen molar-refractivity contribution in [2.45, 2.75) is 18.3 Å². The lowest BCUT2D eigenvalue weighted by Crippen LogP contribution is -2.40. The Morgan fingerprint density at radius 3 is 1.67 bits per heavy atom. The van der Waals surface area contributed by atoms with Crippen LogP contribution in [0, 0.1) is 0 Å². The van der Waals surface area contributed by atoms with Gasteiger partial charge in [-0.05, 0) is 0 Å². The van der Waals surface area contributed by atoms with E-state index in [4.69, 9.17) is 39.7 Å². The number of phosphoric acid groups is 1. The summed E-state index contributed by atoms with van der Waals surface area (Å²) >= 11 is 0. The van der Waals surface area contributed by atoms with E-state index >= 15 is 0 Å². The van der Waals surface area contributed by atoms with Crippen LogP contribution in [0.2, 0.25) is 0 Å². The summed E-state index contributed by atoms with van der Waals surface area (Å²) in [7, 11) is -4.64. The predicted octanol–water partition coefficient (Wildman–Crippen LogP) is -3.67. The van der Waals surface area contributed by atoms with Gasteiger partial charge in [-0.25, -0.2) is 4.57 Å². The minimum Gasteiger partial charge on any atom is -0.394 e. The van der Waals surface area contributed by atoms with Gasteiger partial charge < -0.3 is 39.9 Å². The van der Waals surface area contributed by atoms with Crippen LogP contribution in [0.5, 0.6) is 0 Å². The lowest BCUT2D eigenvalue weighted by atomic mass is 10.1. The highest BCUT2D eigenvalue weighted by Gasteiger charge is 2.22. The molecule has 0 fully saturated rings. The van der Waals surface area contributed by atoms with Crippen LogP contribution in [0.1, 0.15) is 0 Å². The van der Waals surface area contributed by atoms with Gasteiger partial charge in [-0.15, -0.1) is 0 Å². The van der Waals surface area contributed by atoms with Gasteiger partial charge in [-0.1, -0.05) is 0 Å². The van der Waals surface area contributed by atoms with Crippen molar-refractivity contribution in [2.75, 3.05) is 6.61 Å². The molecule has 0 aliphatic rings. The van der Waals surface area contributed by atoms with Gasteiger partial charge in [0, 0.05) is 0 Å². The van der Waals surface area contributed by atoms with Crippen molar-refractivity contribution in [1.29, 1.82) is 0 Å². The van der Waals surface area contributed by atoms with Crippen molar-refractivity contribution >= 4 is 14.1 Å². The van der Waals surface area contributed by atoms with Crippen LogP contribution in [0.4, 0.5) is 0 Å². The van der Waals surface area contributed by atoms with E-state index in [-0.39, 0.29) is 6.29 Å². The topological polar surface area (TPSA) is 176 Å². The van der Waals surface area contributed by atoms with Crippen LogP contribution in [0.25, 0.3) is 0 Å². The van der Waals surface area contributed by atoms with E-state index in [1.165, 1.54) is 0 Å². The molecule has 0 rings (SSSR count). The van der Waals surface area contributed by atoms with Crippen molar-refractivity contribution in [2.24, 2.45) is 0 Å². The molecule has 15 heavy (non-hydrogen) atoms. The average molecular weight is 248 g/mol. The Bertz CT molecular complexity index is 204. The normalized spacial score (nSPS) is 17.0. The highest BCUT2D eigenvalue weighted by molar-refractivity contribution is 7.45. The molecule has 0 saturated heterocycles. The van der Waals surface area contributed by atoms with Crippen LogP contribution >= 0.6 is 7.82 Å². The molecule has 0 heterocycles. The highest BCUT2D eigenvalue weighted by Crippen LogP contribution is 2.25. The third kappa shape index (κ3) is 13.6. The molecule has 0 aromatic carbocycles. The molecular formula is C5H13O9P. The molecule has 10 heteroatoms. The molecule has 92 valence electrons. The minimum atomic E-state index is -4.64. The fourth-order valence-electron chi connectivity index (χ4n) is 0.416. The first kappa shape index (κ1) is 17.0. The summed E-state index contributed by atoms with van der Waals surface area (Å²) in [6.45, 7) is -0.688. The molecule has 0 spiro atoms. The van der Waals surface area contributed by atoms with Gasteiger partial charge in [0.05, 0.1) is 6.61 Å². The molecule has 3 atom stereocenters. The van der Waals surface area contributed by atoms with Crippen molar-refractivity contribution < 1.29 is 44.5 Å². The maximum Gasteiger partial charge on any atom is 0.466 e. The van der Waals surface area contributed by atoms with Crippen LogP contribution in [-0.4, -0.2) is 66.3 Å². The molecule has 0 aromatic heterocycles. The third-order valence-electron chi connectivity index (χ3n) is 1.07. The largest absolute Gasteiger partial charge is 0.466 e. The van der Waals surface area contributed by atoms with Crippen LogP contribution in [-0.2, 0) is 9.36 Å². The minimum absolute atomic E-state index is 0.0869. The zero-order chi connectivity index (χ0) is 12.6. The summed E-state index contributed by atoms with van der Waals surface area (Å²) in [5.41, 5.74) is 0. The van der Waals surface area contributed by atoms with E-state index in [1.807, 2.05) is 0 Å². The predicted molar refractivity (Wildman–Crippen MR) is 45.4 cm³/mol. The first-order valence-corrected chi connectivity index (χ1v) is 5.08. The zero-order valence-corrected chi connectivity index (χ0v) is 8.31. The highest BCUT2D eigenvalue weighted by atomic mass is 31.2. The van der Waals surface area contributed by atoms with Gasteiger partial charge in [-0.2, -0.15) is 0 Å². The van der Waals surface area contributed by atoms with Crippen molar-refractivity contribution in [3.8, 4) is 0 Å².